The fourth-order valence-electron chi connectivity index (χ4n) is 1.02. The van der Waals surface area contributed by atoms with Crippen LogP contribution in [0.4, 0.5) is 0 Å². The van der Waals surface area contributed by atoms with E-state index in [1.54, 1.807) is 7.05 Å². The van der Waals surface area contributed by atoms with Crippen molar-refractivity contribution in [2.24, 2.45) is 16.6 Å². The van der Waals surface area contributed by atoms with Crippen molar-refractivity contribution in [3.05, 3.63) is 0 Å². The standard InChI is InChI=1S/C8H19N3O/c1-6(2)4-7(5-12)11-8(9)10-3/h6-7,12H,4-5H2,1-3H3,(H3,9,10,11). The van der Waals surface area contributed by atoms with Crippen LogP contribution in [0.5, 0.6) is 0 Å². The predicted octanol–water partition coefficient (Wildman–Crippen LogP) is -0.0725. The van der Waals surface area contributed by atoms with Crippen LogP contribution in [0.25, 0.3) is 0 Å². The lowest BCUT2D eigenvalue weighted by Gasteiger charge is -2.18. The van der Waals surface area contributed by atoms with Gasteiger partial charge in [-0.15, -0.1) is 0 Å². The molecule has 0 aromatic heterocycles. The normalized spacial score (nSPS) is 14.9. The van der Waals surface area contributed by atoms with Gasteiger partial charge in [-0.25, -0.2) is 0 Å². The topological polar surface area (TPSA) is 70.6 Å². The van der Waals surface area contributed by atoms with Crippen molar-refractivity contribution in [1.29, 1.82) is 0 Å². The van der Waals surface area contributed by atoms with Gasteiger partial charge in [-0.3, -0.25) is 4.99 Å². The van der Waals surface area contributed by atoms with Gasteiger partial charge < -0.3 is 16.2 Å². The van der Waals surface area contributed by atoms with Crippen LogP contribution in [0.15, 0.2) is 4.99 Å². The van der Waals surface area contributed by atoms with Crippen molar-refractivity contribution in [3.63, 3.8) is 0 Å². The zero-order valence-corrected chi connectivity index (χ0v) is 8.04. The lowest BCUT2D eigenvalue weighted by atomic mass is 10.0. The fraction of sp³-hybridized carbons (Fsp3) is 0.875. The Morgan fingerprint density at radius 1 is 1.58 bits per heavy atom. The Balaban J connectivity index is 3.83. The molecule has 0 aliphatic heterocycles. The first-order valence-corrected chi connectivity index (χ1v) is 4.19. The Labute approximate surface area is 73.9 Å². The van der Waals surface area contributed by atoms with Crippen LogP contribution in [0.3, 0.4) is 0 Å². The summed E-state index contributed by atoms with van der Waals surface area (Å²) < 4.78 is 0. The number of nitrogens with zero attached hydrogens (tertiary/aromatic N) is 1. The summed E-state index contributed by atoms with van der Waals surface area (Å²) in [4.78, 5) is 3.76. The highest BCUT2D eigenvalue weighted by molar-refractivity contribution is 5.77. The number of hydrogen-bond acceptors (Lipinski definition) is 2. The molecule has 0 heterocycles. The van der Waals surface area contributed by atoms with Gasteiger partial charge in [0.1, 0.15) is 0 Å². The summed E-state index contributed by atoms with van der Waals surface area (Å²) in [5.41, 5.74) is 5.45. The molecule has 0 spiro atoms. The minimum atomic E-state index is 0.0219. The summed E-state index contributed by atoms with van der Waals surface area (Å²) in [6.07, 6.45) is 0.896. The van der Waals surface area contributed by atoms with Crippen molar-refractivity contribution in [2.75, 3.05) is 13.7 Å². The first kappa shape index (κ1) is 11.2. The summed E-state index contributed by atoms with van der Waals surface area (Å²) >= 11 is 0. The second kappa shape index (κ2) is 5.83. The molecule has 1 atom stereocenters. The van der Waals surface area contributed by atoms with Gasteiger partial charge in [0.15, 0.2) is 5.96 Å². The zero-order valence-electron chi connectivity index (χ0n) is 8.04. The van der Waals surface area contributed by atoms with E-state index in [4.69, 9.17) is 10.8 Å². The van der Waals surface area contributed by atoms with E-state index in [9.17, 15) is 0 Å². The highest BCUT2D eigenvalue weighted by Crippen LogP contribution is 2.03. The summed E-state index contributed by atoms with van der Waals surface area (Å²) in [6.45, 7) is 4.29. The Kier molecular flexibility index (Phi) is 5.45. The monoisotopic (exact) mass is 173 g/mol. The molecule has 4 nitrogen and oxygen atoms in total. The smallest absolute Gasteiger partial charge is 0.188 e. The number of aliphatic hydroxyl groups excluding tert-OH is 1. The van der Waals surface area contributed by atoms with Crippen LogP contribution in [-0.4, -0.2) is 30.8 Å². The molecule has 4 heteroatoms. The van der Waals surface area contributed by atoms with Gasteiger partial charge in [0.25, 0.3) is 0 Å². The van der Waals surface area contributed by atoms with Crippen molar-refractivity contribution in [2.45, 2.75) is 26.3 Å². The largest absolute Gasteiger partial charge is 0.394 e. The lowest BCUT2D eigenvalue weighted by molar-refractivity contribution is 0.238. The molecule has 0 amide bonds. The molecule has 12 heavy (non-hydrogen) atoms. The Hall–Kier alpha value is -0.770. The van der Waals surface area contributed by atoms with Gasteiger partial charge in [0, 0.05) is 7.05 Å². The first-order valence-electron chi connectivity index (χ1n) is 4.19. The van der Waals surface area contributed by atoms with Gasteiger partial charge in [-0.2, -0.15) is 0 Å². The van der Waals surface area contributed by atoms with E-state index >= 15 is 0 Å². The molecule has 1 unspecified atom stereocenters. The van der Waals surface area contributed by atoms with Gasteiger partial charge in [0.2, 0.25) is 0 Å². The third-order valence-corrected chi connectivity index (χ3v) is 1.57. The molecule has 0 radical (unpaired) electrons. The Morgan fingerprint density at radius 3 is 2.50 bits per heavy atom. The molecule has 0 aromatic rings. The van der Waals surface area contributed by atoms with Gasteiger partial charge in [-0.05, 0) is 12.3 Å². The molecular weight excluding hydrogens is 154 g/mol. The van der Waals surface area contributed by atoms with E-state index < -0.39 is 0 Å². The van der Waals surface area contributed by atoms with E-state index in [2.05, 4.69) is 24.2 Å². The maximum atomic E-state index is 8.95. The van der Waals surface area contributed by atoms with Crippen LogP contribution < -0.4 is 11.1 Å². The number of nitrogens with two attached hydrogens (primary N) is 1. The second-order valence-electron chi connectivity index (χ2n) is 3.26. The lowest BCUT2D eigenvalue weighted by Crippen LogP contribution is -2.42. The molecule has 0 fully saturated rings. The van der Waals surface area contributed by atoms with E-state index in [-0.39, 0.29) is 12.6 Å². The number of nitrogens with one attached hydrogen (secondary N) is 1. The first-order chi connectivity index (χ1) is 5.60. The van der Waals surface area contributed by atoms with Gasteiger partial charge >= 0.3 is 0 Å². The molecule has 0 bridgehead atoms. The molecular formula is C8H19N3O. The number of aliphatic imine (C=N–C) groups is 1. The van der Waals surface area contributed by atoms with Crippen LogP contribution >= 0.6 is 0 Å². The van der Waals surface area contributed by atoms with Crippen molar-refractivity contribution >= 4 is 5.96 Å². The zero-order chi connectivity index (χ0) is 9.56. The maximum absolute atomic E-state index is 8.95. The predicted molar refractivity (Wildman–Crippen MR) is 51.0 cm³/mol. The van der Waals surface area contributed by atoms with Crippen LogP contribution in [0.1, 0.15) is 20.3 Å². The quantitative estimate of drug-likeness (QED) is 0.411. The SMILES string of the molecule is CN=C(N)NC(CO)CC(C)C. The van der Waals surface area contributed by atoms with Crippen LogP contribution in [-0.2, 0) is 0 Å². The summed E-state index contributed by atoms with van der Waals surface area (Å²) in [6, 6.07) is 0.0219. The minimum absolute atomic E-state index is 0.0219. The summed E-state index contributed by atoms with van der Waals surface area (Å²) in [5.74, 6) is 0.925. The highest BCUT2D eigenvalue weighted by Gasteiger charge is 2.09. The van der Waals surface area contributed by atoms with Crippen LogP contribution in [0, 0.1) is 5.92 Å². The molecule has 4 N–H and O–H groups in total. The molecule has 72 valence electrons. The van der Waals surface area contributed by atoms with Crippen molar-refractivity contribution in [3.8, 4) is 0 Å². The van der Waals surface area contributed by atoms with E-state index in [0.717, 1.165) is 6.42 Å². The molecule has 0 aliphatic carbocycles. The molecule has 0 rings (SSSR count). The molecule has 0 saturated carbocycles. The summed E-state index contributed by atoms with van der Waals surface area (Å²) in [5, 5.41) is 11.9. The van der Waals surface area contributed by atoms with Crippen molar-refractivity contribution < 1.29 is 5.11 Å². The fourth-order valence-corrected chi connectivity index (χ4v) is 1.02. The van der Waals surface area contributed by atoms with Crippen LogP contribution in [0.2, 0.25) is 0 Å². The van der Waals surface area contributed by atoms with Crippen molar-refractivity contribution in [1.82, 2.24) is 5.32 Å². The van der Waals surface area contributed by atoms with E-state index in [0.29, 0.717) is 11.9 Å². The highest BCUT2D eigenvalue weighted by atomic mass is 16.3. The Morgan fingerprint density at radius 2 is 2.17 bits per heavy atom. The summed E-state index contributed by atoms with van der Waals surface area (Å²) in [7, 11) is 1.62. The third-order valence-electron chi connectivity index (χ3n) is 1.57. The van der Waals surface area contributed by atoms with E-state index in [1.807, 2.05) is 0 Å². The average molecular weight is 173 g/mol. The minimum Gasteiger partial charge on any atom is -0.394 e. The van der Waals surface area contributed by atoms with Gasteiger partial charge in [-0.1, -0.05) is 13.8 Å². The van der Waals surface area contributed by atoms with Gasteiger partial charge in [0.05, 0.1) is 12.6 Å². The number of hydrogen-bond donors (Lipinski definition) is 3. The maximum Gasteiger partial charge on any atom is 0.188 e. The number of rotatable bonds is 4. The molecule has 0 saturated heterocycles. The molecule has 0 aliphatic rings. The van der Waals surface area contributed by atoms with E-state index in [1.165, 1.54) is 0 Å². The third kappa shape index (κ3) is 4.96. The number of guanidine groups is 1. The number of aliphatic hydroxyl groups is 1. The second-order valence-corrected chi connectivity index (χ2v) is 3.26. The average Bonchev–Trinajstić information content (AvgIpc) is 2.02. The Bertz CT molecular complexity index is 145. The molecule has 0 aromatic carbocycles.